The number of hydrogen-bond acceptors (Lipinski definition) is 0. The third kappa shape index (κ3) is 3.07. The topological polar surface area (TPSA) is 0 Å². The van der Waals surface area contributed by atoms with E-state index >= 15 is 0 Å². The Bertz CT molecular complexity index is 759. The molecule has 24 heavy (non-hydrogen) atoms. The smallest absolute Gasteiger partial charge is 0.00730 e. The van der Waals surface area contributed by atoms with Crippen LogP contribution in [0.1, 0.15) is 82.2 Å². The van der Waals surface area contributed by atoms with Crippen LogP contribution in [0.2, 0.25) is 0 Å². The summed E-state index contributed by atoms with van der Waals surface area (Å²) >= 11 is 0. The van der Waals surface area contributed by atoms with Gasteiger partial charge < -0.3 is 0 Å². The second-order valence-electron chi connectivity index (χ2n) is 9.25. The van der Waals surface area contributed by atoms with E-state index in [-0.39, 0.29) is 10.8 Å². The van der Waals surface area contributed by atoms with Crippen molar-refractivity contribution in [2.45, 2.75) is 65.2 Å². The summed E-state index contributed by atoms with van der Waals surface area (Å²) in [6.07, 6.45) is 2.38. The Kier molecular flexibility index (Phi) is 3.98. The maximum atomic E-state index is 2.41. The molecule has 1 atom stereocenters. The molecule has 0 fully saturated rings. The van der Waals surface area contributed by atoms with Crippen molar-refractivity contribution in [2.24, 2.45) is 0 Å². The summed E-state index contributed by atoms with van der Waals surface area (Å²) in [7, 11) is 0. The molecule has 0 N–H and O–H groups in total. The fourth-order valence-corrected chi connectivity index (χ4v) is 3.49. The molecule has 0 nitrogen and oxygen atoms in total. The van der Waals surface area contributed by atoms with Crippen LogP contribution in [0.4, 0.5) is 0 Å². The van der Waals surface area contributed by atoms with Crippen LogP contribution >= 0.6 is 0 Å². The van der Waals surface area contributed by atoms with Gasteiger partial charge in [0.1, 0.15) is 0 Å². The van der Waals surface area contributed by atoms with Gasteiger partial charge in [0, 0.05) is 5.92 Å². The van der Waals surface area contributed by atoms with Crippen molar-refractivity contribution in [1.29, 1.82) is 0 Å². The van der Waals surface area contributed by atoms with Gasteiger partial charge in [0.15, 0.2) is 0 Å². The molecule has 0 radical (unpaired) electrons. The molecule has 126 valence electrons. The van der Waals surface area contributed by atoms with E-state index in [4.69, 9.17) is 0 Å². The van der Waals surface area contributed by atoms with E-state index in [1.807, 2.05) is 0 Å². The Labute approximate surface area is 147 Å². The lowest BCUT2D eigenvalue weighted by Gasteiger charge is -2.27. The Balaban J connectivity index is 2.16. The number of fused-ring (bicyclic) bond motifs is 1. The lowest BCUT2D eigenvalue weighted by atomic mass is 9.78. The zero-order valence-corrected chi connectivity index (χ0v) is 16.2. The lowest BCUT2D eigenvalue weighted by Crippen LogP contribution is -2.17. The first-order valence-electron chi connectivity index (χ1n) is 9.04. The minimum atomic E-state index is 0.158. The van der Waals surface area contributed by atoms with Crippen LogP contribution in [0.3, 0.4) is 0 Å². The zero-order valence-electron chi connectivity index (χ0n) is 16.2. The van der Waals surface area contributed by atoms with Crippen LogP contribution in [0.5, 0.6) is 0 Å². The fraction of sp³-hybridized carbons (Fsp3) is 0.417. The third-order valence-electron chi connectivity index (χ3n) is 5.24. The molecule has 1 aliphatic carbocycles. The molecule has 2 aromatic carbocycles. The molecule has 0 heteroatoms. The second-order valence-corrected chi connectivity index (χ2v) is 9.25. The highest BCUT2D eigenvalue weighted by Gasteiger charge is 2.26. The highest BCUT2D eigenvalue weighted by atomic mass is 14.3. The van der Waals surface area contributed by atoms with Gasteiger partial charge in [0.05, 0.1) is 0 Å². The normalized spacial score (nSPS) is 17.6. The molecule has 0 saturated carbocycles. The van der Waals surface area contributed by atoms with Crippen molar-refractivity contribution in [1.82, 2.24) is 0 Å². The van der Waals surface area contributed by atoms with Crippen molar-refractivity contribution in [3.8, 4) is 0 Å². The number of rotatable bonds is 1. The highest BCUT2D eigenvalue weighted by Crippen LogP contribution is 2.43. The summed E-state index contributed by atoms with van der Waals surface area (Å²) in [5.41, 5.74) is 8.83. The van der Waals surface area contributed by atoms with E-state index in [1.54, 1.807) is 0 Å². The zero-order chi connectivity index (χ0) is 17.7. The average molecular weight is 319 g/mol. The molecule has 0 spiro atoms. The Morgan fingerprint density at radius 2 is 1.29 bits per heavy atom. The molecule has 0 aliphatic heterocycles. The van der Waals surface area contributed by atoms with Crippen LogP contribution in [-0.2, 0) is 10.8 Å². The molecule has 0 aromatic heterocycles. The van der Waals surface area contributed by atoms with Crippen molar-refractivity contribution >= 4 is 11.6 Å². The van der Waals surface area contributed by atoms with Crippen LogP contribution in [0, 0.1) is 0 Å². The molecule has 0 saturated heterocycles. The largest absolute Gasteiger partial charge is 0.0619 e. The fourth-order valence-electron chi connectivity index (χ4n) is 3.49. The molecule has 1 aliphatic rings. The van der Waals surface area contributed by atoms with E-state index in [9.17, 15) is 0 Å². The summed E-state index contributed by atoms with van der Waals surface area (Å²) in [6, 6.07) is 16.0. The number of benzene rings is 2. The molecule has 2 aromatic rings. The highest BCUT2D eigenvalue weighted by molar-refractivity contribution is 5.91. The summed E-state index contributed by atoms with van der Waals surface area (Å²) in [6.45, 7) is 16.2. The van der Waals surface area contributed by atoms with Crippen molar-refractivity contribution in [3.63, 3.8) is 0 Å². The van der Waals surface area contributed by atoms with E-state index in [0.717, 1.165) is 0 Å². The van der Waals surface area contributed by atoms with Crippen molar-refractivity contribution < 1.29 is 0 Å². The molecule has 0 heterocycles. The van der Waals surface area contributed by atoms with Crippen LogP contribution < -0.4 is 0 Å². The van der Waals surface area contributed by atoms with E-state index in [1.165, 1.54) is 33.4 Å². The monoisotopic (exact) mass is 318 g/mol. The molecule has 1 unspecified atom stereocenters. The minimum Gasteiger partial charge on any atom is -0.0619 e. The lowest BCUT2D eigenvalue weighted by molar-refractivity contribution is 0.568. The Morgan fingerprint density at radius 1 is 0.750 bits per heavy atom. The van der Waals surface area contributed by atoms with Gasteiger partial charge in [-0.3, -0.25) is 0 Å². The quantitative estimate of drug-likeness (QED) is 0.534. The SMILES string of the molecule is CC1C(c2cc(C(C)(C)C)cc(C(C)(C)C)c2)=Cc2ccccc21. The summed E-state index contributed by atoms with van der Waals surface area (Å²) in [5.74, 6) is 0.462. The van der Waals surface area contributed by atoms with Gasteiger partial charge in [0.25, 0.3) is 0 Å². The summed E-state index contributed by atoms with van der Waals surface area (Å²) in [4.78, 5) is 0. The van der Waals surface area contributed by atoms with Gasteiger partial charge >= 0.3 is 0 Å². The van der Waals surface area contributed by atoms with Crippen molar-refractivity contribution in [2.75, 3.05) is 0 Å². The summed E-state index contributed by atoms with van der Waals surface area (Å²) in [5, 5.41) is 0. The van der Waals surface area contributed by atoms with Gasteiger partial charge in [-0.25, -0.2) is 0 Å². The van der Waals surface area contributed by atoms with Gasteiger partial charge in [-0.1, -0.05) is 97.0 Å². The number of allylic oxidation sites excluding steroid dienone is 1. The van der Waals surface area contributed by atoms with E-state index in [0.29, 0.717) is 5.92 Å². The molecule has 3 rings (SSSR count). The first kappa shape index (κ1) is 17.0. The molecule has 0 amide bonds. The van der Waals surface area contributed by atoms with E-state index < -0.39 is 0 Å². The van der Waals surface area contributed by atoms with Gasteiger partial charge in [-0.15, -0.1) is 0 Å². The third-order valence-corrected chi connectivity index (χ3v) is 5.24. The maximum Gasteiger partial charge on any atom is 0.00730 e. The first-order chi connectivity index (χ1) is 11.1. The second kappa shape index (κ2) is 5.62. The van der Waals surface area contributed by atoms with Gasteiger partial charge in [0.2, 0.25) is 0 Å². The summed E-state index contributed by atoms with van der Waals surface area (Å²) < 4.78 is 0. The average Bonchev–Trinajstić information content (AvgIpc) is 2.83. The maximum absolute atomic E-state index is 2.41. The van der Waals surface area contributed by atoms with E-state index in [2.05, 4.69) is 97.0 Å². The van der Waals surface area contributed by atoms with Crippen molar-refractivity contribution in [3.05, 3.63) is 70.3 Å². The molecular formula is C24H30. The molecular weight excluding hydrogens is 288 g/mol. The van der Waals surface area contributed by atoms with Crippen LogP contribution in [0.15, 0.2) is 42.5 Å². The Morgan fingerprint density at radius 3 is 1.79 bits per heavy atom. The minimum absolute atomic E-state index is 0.158. The van der Waals surface area contributed by atoms with Crippen LogP contribution in [-0.4, -0.2) is 0 Å². The predicted molar refractivity (Wildman–Crippen MR) is 107 cm³/mol. The standard InChI is InChI=1S/C24H30/c1-16-21-11-9-8-10-17(21)14-22(16)18-12-19(23(2,3)4)15-20(13-18)24(5,6)7/h8-16H,1-7H3. The predicted octanol–water partition coefficient (Wildman–Crippen LogP) is 6.94. The first-order valence-corrected chi connectivity index (χ1v) is 9.04. The molecule has 0 bridgehead atoms. The van der Waals surface area contributed by atoms with Gasteiger partial charge in [-0.05, 0) is 44.2 Å². The van der Waals surface area contributed by atoms with Crippen LogP contribution in [0.25, 0.3) is 11.6 Å². The Hall–Kier alpha value is -1.82. The number of hydrogen-bond donors (Lipinski definition) is 0. The van der Waals surface area contributed by atoms with Gasteiger partial charge in [-0.2, -0.15) is 0 Å².